The Hall–Kier alpha value is -1.63. The van der Waals surface area contributed by atoms with Gasteiger partial charge in [-0.15, -0.1) is 0 Å². The van der Waals surface area contributed by atoms with Crippen LogP contribution < -0.4 is 0 Å². The second kappa shape index (κ2) is 5.18. The van der Waals surface area contributed by atoms with Crippen molar-refractivity contribution < 1.29 is 4.39 Å². The Kier molecular flexibility index (Phi) is 3.86. The van der Waals surface area contributed by atoms with E-state index in [4.69, 9.17) is 0 Å². The first-order valence-corrected chi connectivity index (χ1v) is 4.46. The summed E-state index contributed by atoms with van der Waals surface area (Å²) < 4.78 is 13.2. The predicted octanol–water partition coefficient (Wildman–Crippen LogP) is 4.13. The molecule has 0 amide bonds. The van der Waals surface area contributed by atoms with Crippen LogP contribution in [0.5, 0.6) is 0 Å². The summed E-state index contributed by atoms with van der Waals surface area (Å²) in [7, 11) is 0. The summed E-state index contributed by atoms with van der Waals surface area (Å²) in [4.78, 5) is 0. The lowest BCUT2D eigenvalue weighted by Gasteiger charge is -2.01. The smallest absolute Gasteiger partial charge is 0.105 e. The van der Waals surface area contributed by atoms with Gasteiger partial charge in [0.1, 0.15) is 5.83 Å². The summed E-state index contributed by atoms with van der Waals surface area (Å²) in [5.74, 6) is -0.186. The molecule has 0 spiro atoms. The molecular weight excluding hydrogens is 175 g/mol. The van der Waals surface area contributed by atoms with Crippen molar-refractivity contribution in [1.29, 1.82) is 0 Å². The molecule has 0 radical (unpaired) electrons. The van der Waals surface area contributed by atoms with Crippen LogP contribution in [0, 0.1) is 0 Å². The van der Waals surface area contributed by atoms with E-state index >= 15 is 0 Å². The molecule has 1 aromatic carbocycles. The fraction of sp³-hybridized carbons (Fsp3) is 0.0769. The molecule has 0 unspecified atom stereocenters. The second-order valence-corrected chi connectivity index (χ2v) is 2.91. The highest BCUT2D eigenvalue weighted by Crippen LogP contribution is 2.20. The Bertz CT molecular complexity index is 354. The molecule has 0 aliphatic carbocycles. The van der Waals surface area contributed by atoms with Gasteiger partial charge in [0.15, 0.2) is 0 Å². The lowest BCUT2D eigenvalue weighted by Crippen LogP contribution is -1.81. The highest BCUT2D eigenvalue weighted by Gasteiger charge is 2.00. The van der Waals surface area contributed by atoms with Crippen molar-refractivity contribution in [3.8, 4) is 0 Å². The zero-order chi connectivity index (χ0) is 10.4. The Morgan fingerprint density at radius 1 is 1.29 bits per heavy atom. The van der Waals surface area contributed by atoms with Crippen LogP contribution in [-0.2, 0) is 0 Å². The molecule has 0 N–H and O–H groups in total. The van der Waals surface area contributed by atoms with Crippen molar-refractivity contribution in [1.82, 2.24) is 0 Å². The predicted molar refractivity (Wildman–Crippen MR) is 59.5 cm³/mol. The third-order valence-electron chi connectivity index (χ3n) is 1.85. The van der Waals surface area contributed by atoms with Crippen LogP contribution in [0.1, 0.15) is 12.5 Å². The van der Waals surface area contributed by atoms with E-state index in [0.29, 0.717) is 5.57 Å². The monoisotopic (exact) mass is 188 g/mol. The largest absolute Gasteiger partial charge is 0.211 e. The zero-order valence-electron chi connectivity index (χ0n) is 8.20. The summed E-state index contributed by atoms with van der Waals surface area (Å²) in [6, 6.07) is 9.45. The van der Waals surface area contributed by atoms with Crippen LogP contribution >= 0.6 is 0 Å². The Balaban J connectivity index is 3.09. The molecule has 14 heavy (non-hydrogen) atoms. The summed E-state index contributed by atoms with van der Waals surface area (Å²) in [5, 5.41) is 0. The van der Waals surface area contributed by atoms with Crippen molar-refractivity contribution in [3.05, 3.63) is 66.5 Å². The van der Waals surface area contributed by atoms with E-state index in [9.17, 15) is 4.39 Å². The third kappa shape index (κ3) is 2.70. The minimum atomic E-state index is -0.186. The SMILES string of the molecule is C=C/C=C\C(=C(/C)F)c1ccccc1. The Labute approximate surface area is 84.1 Å². The lowest BCUT2D eigenvalue weighted by molar-refractivity contribution is 0.645. The van der Waals surface area contributed by atoms with Crippen LogP contribution in [-0.4, -0.2) is 0 Å². The Morgan fingerprint density at radius 3 is 2.43 bits per heavy atom. The number of allylic oxidation sites excluding steroid dienone is 5. The van der Waals surface area contributed by atoms with Crippen molar-refractivity contribution in [2.24, 2.45) is 0 Å². The molecule has 0 heterocycles. The maximum absolute atomic E-state index is 13.2. The first-order chi connectivity index (χ1) is 6.75. The molecule has 0 atom stereocenters. The summed E-state index contributed by atoms with van der Waals surface area (Å²) in [6.07, 6.45) is 5.08. The van der Waals surface area contributed by atoms with Crippen LogP contribution in [0.2, 0.25) is 0 Å². The Morgan fingerprint density at radius 2 is 1.93 bits per heavy atom. The molecule has 1 aromatic rings. The van der Waals surface area contributed by atoms with Crippen LogP contribution in [0.25, 0.3) is 5.57 Å². The number of hydrogen-bond donors (Lipinski definition) is 0. The van der Waals surface area contributed by atoms with E-state index in [-0.39, 0.29) is 5.83 Å². The maximum atomic E-state index is 13.2. The van der Waals surface area contributed by atoms with Crippen LogP contribution in [0.15, 0.2) is 61.0 Å². The van der Waals surface area contributed by atoms with E-state index in [2.05, 4.69) is 6.58 Å². The van der Waals surface area contributed by atoms with Crippen molar-refractivity contribution in [2.75, 3.05) is 0 Å². The fourth-order valence-corrected chi connectivity index (χ4v) is 1.19. The average molecular weight is 188 g/mol. The normalized spacial score (nSPS) is 12.7. The molecule has 0 nitrogen and oxygen atoms in total. The minimum absolute atomic E-state index is 0.186. The van der Waals surface area contributed by atoms with Crippen molar-refractivity contribution in [3.63, 3.8) is 0 Å². The maximum Gasteiger partial charge on any atom is 0.105 e. The molecule has 1 rings (SSSR count). The quantitative estimate of drug-likeness (QED) is 0.625. The summed E-state index contributed by atoms with van der Waals surface area (Å²) in [5.41, 5.74) is 1.48. The average Bonchev–Trinajstić information content (AvgIpc) is 2.19. The van der Waals surface area contributed by atoms with Gasteiger partial charge in [0.05, 0.1) is 0 Å². The molecule has 0 fully saturated rings. The van der Waals surface area contributed by atoms with Gasteiger partial charge in [-0.05, 0) is 12.5 Å². The molecule has 0 aliphatic rings. The van der Waals surface area contributed by atoms with Gasteiger partial charge >= 0.3 is 0 Å². The van der Waals surface area contributed by atoms with Gasteiger partial charge in [-0.1, -0.05) is 55.1 Å². The van der Waals surface area contributed by atoms with Crippen LogP contribution in [0.4, 0.5) is 4.39 Å². The standard InChI is InChI=1S/C13H13F/c1-3-4-10-13(11(2)14)12-8-6-5-7-9-12/h3-10H,1H2,2H3/b10-4-,13-11-. The molecule has 1 heteroatoms. The first-order valence-electron chi connectivity index (χ1n) is 4.46. The molecular formula is C13H13F. The van der Waals surface area contributed by atoms with E-state index < -0.39 is 0 Å². The first kappa shape index (κ1) is 10.5. The highest BCUT2D eigenvalue weighted by atomic mass is 19.1. The number of benzene rings is 1. The number of hydrogen-bond acceptors (Lipinski definition) is 0. The van der Waals surface area contributed by atoms with Gasteiger partial charge in [0.2, 0.25) is 0 Å². The molecule has 0 aromatic heterocycles. The highest BCUT2D eigenvalue weighted by molar-refractivity contribution is 5.75. The van der Waals surface area contributed by atoms with Gasteiger partial charge in [-0.2, -0.15) is 0 Å². The molecule has 72 valence electrons. The van der Waals surface area contributed by atoms with Gasteiger partial charge in [0, 0.05) is 5.57 Å². The van der Waals surface area contributed by atoms with Gasteiger partial charge in [-0.25, -0.2) is 4.39 Å². The van der Waals surface area contributed by atoms with E-state index in [1.807, 2.05) is 30.3 Å². The second-order valence-electron chi connectivity index (χ2n) is 2.91. The summed E-state index contributed by atoms with van der Waals surface area (Å²) >= 11 is 0. The van der Waals surface area contributed by atoms with Gasteiger partial charge in [-0.3, -0.25) is 0 Å². The van der Waals surface area contributed by atoms with Crippen molar-refractivity contribution >= 4 is 5.57 Å². The third-order valence-corrected chi connectivity index (χ3v) is 1.85. The van der Waals surface area contributed by atoms with Crippen molar-refractivity contribution in [2.45, 2.75) is 6.92 Å². The van der Waals surface area contributed by atoms with E-state index in [1.54, 1.807) is 18.2 Å². The number of rotatable bonds is 3. The van der Waals surface area contributed by atoms with E-state index in [0.717, 1.165) is 5.56 Å². The number of halogens is 1. The van der Waals surface area contributed by atoms with Crippen LogP contribution in [0.3, 0.4) is 0 Å². The molecule has 0 aliphatic heterocycles. The zero-order valence-corrected chi connectivity index (χ0v) is 8.20. The van der Waals surface area contributed by atoms with E-state index in [1.165, 1.54) is 6.92 Å². The molecule has 0 bridgehead atoms. The molecule has 0 saturated carbocycles. The van der Waals surface area contributed by atoms with Gasteiger partial charge in [0.25, 0.3) is 0 Å². The lowest BCUT2D eigenvalue weighted by atomic mass is 10.1. The van der Waals surface area contributed by atoms with Gasteiger partial charge < -0.3 is 0 Å². The fourth-order valence-electron chi connectivity index (χ4n) is 1.19. The minimum Gasteiger partial charge on any atom is -0.211 e. The summed E-state index contributed by atoms with van der Waals surface area (Å²) in [6.45, 7) is 5.01. The topological polar surface area (TPSA) is 0 Å². The molecule has 0 saturated heterocycles.